The van der Waals surface area contributed by atoms with Gasteiger partial charge < -0.3 is 9.53 Å². The minimum atomic E-state index is -0.296. The lowest BCUT2D eigenvalue weighted by Crippen LogP contribution is -2.32. The van der Waals surface area contributed by atoms with Crippen LogP contribution in [0.25, 0.3) is 0 Å². The topological polar surface area (TPSA) is 43.4 Å². The van der Waals surface area contributed by atoms with Crippen molar-refractivity contribution in [2.24, 2.45) is 11.3 Å². The van der Waals surface area contributed by atoms with Crippen molar-refractivity contribution in [3.05, 3.63) is 12.2 Å². The van der Waals surface area contributed by atoms with Crippen molar-refractivity contribution in [2.45, 2.75) is 26.4 Å². The predicted molar refractivity (Wildman–Crippen MR) is 48.0 cm³/mol. The monoisotopic (exact) mass is 182 g/mol. The molecule has 0 bridgehead atoms. The molecular formula is C10H14O3. The largest absolute Gasteiger partial charge is 0.463 e. The van der Waals surface area contributed by atoms with Gasteiger partial charge in [-0.1, -0.05) is 26.0 Å². The first kappa shape index (κ1) is 9.96. The fraction of sp³-hybridized carbons (Fsp3) is 0.600. The average molecular weight is 182 g/mol. The van der Waals surface area contributed by atoms with Crippen molar-refractivity contribution in [1.82, 2.24) is 0 Å². The van der Waals surface area contributed by atoms with E-state index in [4.69, 9.17) is 4.74 Å². The molecule has 0 N–H and O–H groups in total. The SMILES string of the molecule is CC1(C)C=CC(C=O)C(OC=O)C1. The molecule has 3 heteroatoms. The number of carbonyl (C=O) groups is 2. The first-order chi connectivity index (χ1) is 6.09. The van der Waals surface area contributed by atoms with Gasteiger partial charge in [0, 0.05) is 0 Å². The van der Waals surface area contributed by atoms with Crippen LogP contribution in [0, 0.1) is 11.3 Å². The Bertz CT molecular complexity index is 230. The lowest BCUT2D eigenvalue weighted by atomic mass is 9.77. The Morgan fingerprint density at radius 2 is 2.15 bits per heavy atom. The Hall–Kier alpha value is -1.12. The highest BCUT2D eigenvalue weighted by atomic mass is 16.5. The zero-order valence-electron chi connectivity index (χ0n) is 7.90. The Kier molecular flexibility index (Phi) is 2.86. The first-order valence-corrected chi connectivity index (χ1v) is 4.33. The second kappa shape index (κ2) is 3.73. The number of aldehydes is 1. The van der Waals surface area contributed by atoms with Crippen LogP contribution in [0.4, 0.5) is 0 Å². The smallest absolute Gasteiger partial charge is 0.293 e. The molecular weight excluding hydrogens is 168 g/mol. The number of ether oxygens (including phenoxy) is 1. The normalized spacial score (nSPS) is 30.9. The van der Waals surface area contributed by atoms with Crippen molar-refractivity contribution in [3.8, 4) is 0 Å². The molecule has 0 aliphatic heterocycles. The van der Waals surface area contributed by atoms with E-state index < -0.39 is 0 Å². The van der Waals surface area contributed by atoms with Gasteiger partial charge in [-0.2, -0.15) is 0 Å². The van der Waals surface area contributed by atoms with E-state index in [-0.39, 0.29) is 17.4 Å². The van der Waals surface area contributed by atoms with E-state index in [1.54, 1.807) is 0 Å². The van der Waals surface area contributed by atoms with Crippen LogP contribution in [0.1, 0.15) is 20.3 Å². The number of allylic oxidation sites excluding steroid dienone is 1. The molecule has 2 atom stereocenters. The molecule has 0 spiro atoms. The van der Waals surface area contributed by atoms with Gasteiger partial charge in [0.2, 0.25) is 0 Å². The van der Waals surface area contributed by atoms with Crippen molar-refractivity contribution >= 4 is 12.8 Å². The Balaban J connectivity index is 2.76. The summed E-state index contributed by atoms with van der Waals surface area (Å²) in [5.74, 6) is -0.279. The van der Waals surface area contributed by atoms with E-state index in [0.717, 1.165) is 6.29 Å². The van der Waals surface area contributed by atoms with Crippen molar-refractivity contribution in [3.63, 3.8) is 0 Å². The van der Waals surface area contributed by atoms with Gasteiger partial charge in [0.1, 0.15) is 12.4 Å². The third kappa shape index (κ3) is 2.41. The van der Waals surface area contributed by atoms with Gasteiger partial charge in [0.25, 0.3) is 6.47 Å². The van der Waals surface area contributed by atoms with Gasteiger partial charge in [0.15, 0.2) is 0 Å². The van der Waals surface area contributed by atoms with Gasteiger partial charge >= 0.3 is 0 Å². The molecule has 1 rings (SSSR count). The number of hydrogen-bond donors (Lipinski definition) is 0. The Morgan fingerprint density at radius 1 is 1.46 bits per heavy atom. The van der Waals surface area contributed by atoms with Crippen LogP contribution in [-0.4, -0.2) is 18.9 Å². The van der Waals surface area contributed by atoms with Gasteiger partial charge in [-0.25, -0.2) is 0 Å². The second-order valence-electron chi connectivity index (χ2n) is 4.04. The van der Waals surface area contributed by atoms with Crippen molar-refractivity contribution in [1.29, 1.82) is 0 Å². The van der Waals surface area contributed by atoms with Crippen LogP contribution in [0.15, 0.2) is 12.2 Å². The van der Waals surface area contributed by atoms with Gasteiger partial charge in [-0.15, -0.1) is 0 Å². The quantitative estimate of drug-likeness (QED) is 0.488. The molecule has 1 aliphatic rings. The third-order valence-corrected chi connectivity index (χ3v) is 2.31. The van der Waals surface area contributed by atoms with Gasteiger partial charge in [-0.05, 0) is 11.8 Å². The summed E-state index contributed by atoms with van der Waals surface area (Å²) < 4.78 is 4.86. The number of carbonyl (C=O) groups excluding carboxylic acids is 2. The van der Waals surface area contributed by atoms with Crippen LogP contribution in [-0.2, 0) is 14.3 Å². The molecule has 0 aromatic heterocycles. The standard InChI is InChI=1S/C10H14O3/c1-10(2)4-3-8(6-11)9(5-10)13-7-12/h3-4,6-9H,5H2,1-2H3. The van der Waals surface area contributed by atoms with Crippen LogP contribution in [0.2, 0.25) is 0 Å². The summed E-state index contributed by atoms with van der Waals surface area (Å²) in [7, 11) is 0. The molecule has 13 heavy (non-hydrogen) atoms. The summed E-state index contributed by atoms with van der Waals surface area (Å²) in [6, 6.07) is 0. The minimum Gasteiger partial charge on any atom is -0.463 e. The Labute approximate surface area is 77.8 Å². The summed E-state index contributed by atoms with van der Waals surface area (Å²) in [4.78, 5) is 20.8. The lowest BCUT2D eigenvalue weighted by molar-refractivity contribution is -0.138. The summed E-state index contributed by atoms with van der Waals surface area (Å²) in [6.07, 6.45) is 5.03. The lowest BCUT2D eigenvalue weighted by Gasteiger charge is -2.32. The predicted octanol–water partition coefficient (Wildman–Crippen LogP) is 1.33. The molecule has 0 saturated heterocycles. The highest BCUT2D eigenvalue weighted by Crippen LogP contribution is 2.33. The fourth-order valence-electron chi connectivity index (χ4n) is 1.56. The van der Waals surface area contributed by atoms with Gasteiger partial charge in [-0.3, -0.25) is 4.79 Å². The molecule has 72 valence electrons. The van der Waals surface area contributed by atoms with E-state index in [2.05, 4.69) is 0 Å². The molecule has 1 aliphatic carbocycles. The minimum absolute atomic E-state index is 0.00713. The number of rotatable bonds is 3. The van der Waals surface area contributed by atoms with E-state index >= 15 is 0 Å². The van der Waals surface area contributed by atoms with Crippen molar-refractivity contribution in [2.75, 3.05) is 0 Å². The van der Waals surface area contributed by atoms with Crippen LogP contribution < -0.4 is 0 Å². The molecule has 0 saturated carbocycles. The molecule has 0 aromatic carbocycles. The zero-order chi connectivity index (χ0) is 9.90. The summed E-state index contributed by atoms with van der Waals surface area (Å²) >= 11 is 0. The third-order valence-electron chi connectivity index (χ3n) is 2.31. The van der Waals surface area contributed by atoms with E-state index in [1.807, 2.05) is 26.0 Å². The fourth-order valence-corrected chi connectivity index (χ4v) is 1.56. The van der Waals surface area contributed by atoms with Gasteiger partial charge in [0.05, 0.1) is 5.92 Å². The summed E-state index contributed by atoms with van der Waals surface area (Å²) in [5, 5.41) is 0. The summed E-state index contributed by atoms with van der Waals surface area (Å²) in [5.41, 5.74) is 0.00713. The Morgan fingerprint density at radius 3 is 2.69 bits per heavy atom. The van der Waals surface area contributed by atoms with Crippen LogP contribution in [0.3, 0.4) is 0 Å². The molecule has 0 aromatic rings. The van der Waals surface area contributed by atoms with E-state index in [0.29, 0.717) is 12.9 Å². The summed E-state index contributed by atoms with van der Waals surface area (Å²) in [6.45, 7) is 4.51. The van der Waals surface area contributed by atoms with E-state index in [1.165, 1.54) is 0 Å². The average Bonchev–Trinajstić information content (AvgIpc) is 2.04. The first-order valence-electron chi connectivity index (χ1n) is 4.33. The highest BCUT2D eigenvalue weighted by molar-refractivity contribution is 5.59. The second-order valence-corrected chi connectivity index (χ2v) is 4.04. The molecule has 0 amide bonds. The number of hydrogen-bond acceptors (Lipinski definition) is 3. The molecule has 2 unspecified atom stereocenters. The highest BCUT2D eigenvalue weighted by Gasteiger charge is 2.31. The maximum absolute atomic E-state index is 10.6. The maximum atomic E-state index is 10.6. The molecule has 0 fully saturated rings. The van der Waals surface area contributed by atoms with E-state index in [9.17, 15) is 9.59 Å². The maximum Gasteiger partial charge on any atom is 0.293 e. The molecule has 0 heterocycles. The molecule has 0 radical (unpaired) electrons. The molecule has 3 nitrogen and oxygen atoms in total. The van der Waals surface area contributed by atoms with Crippen LogP contribution >= 0.6 is 0 Å². The van der Waals surface area contributed by atoms with Crippen LogP contribution in [0.5, 0.6) is 0 Å². The van der Waals surface area contributed by atoms with Crippen molar-refractivity contribution < 1.29 is 14.3 Å². The zero-order valence-corrected chi connectivity index (χ0v) is 7.90.